The van der Waals surface area contributed by atoms with Gasteiger partial charge in [-0.3, -0.25) is 0 Å². The van der Waals surface area contributed by atoms with Gasteiger partial charge in [0.1, 0.15) is 0 Å². The van der Waals surface area contributed by atoms with Gasteiger partial charge in [-0.15, -0.1) is 0 Å². The Labute approximate surface area is 406 Å². The van der Waals surface area contributed by atoms with E-state index in [1.807, 2.05) is 0 Å². The summed E-state index contributed by atoms with van der Waals surface area (Å²) in [6, 6.07) is 82.6. The normalized spacial score (nSPS) is 14.5. The SMILES string of the molecule is Cc1cc(-c2cc(C3=C4c5ccccc5N(c5cccc(-c6ccccc6)c5)C4CC=C3)cc(-c3cccc(-c4ccccc4)c3)c2)cccn(-c2cccc(-c3ccccc3)c2)c2c1C=CCC2. The van der Waals surface area contributed by atoms with Crippen molar-refractivity contribution in [1.29, 1.82) is 0 Å². The van der Waals surface area contributed by atoms with E-state index >= 15 is 0 Å². The van der Waals surface area contributed by atoms with E-state index in [1.54, 1.807) is 0 Å². The molecule has 0 N–H and O–H groups in total. The van der Waals surface area contributed by atoms with Crippen LogP contribution < -0.4 is 4.90 Å². The Morgan fingerprint density at radius 3 is 1.59 bits per heavy atom. The van der Waals surface area contributed by atoms with Crippen molar-refractivity contribution in [3.8, 4) is 61.3 Å². The Balaban J connectivity index is 1.04. The number of aryl methyl sites for hydroxylation is 1. The third-order valence-corrected chi connectivity index (χ3v) is 14.1. The first-order valence-electron chi connectivity index (χ1n) is 24.3. The Morgan fingerprint density at radius 1 is 0.406 bits per heavy atom. The molecule has 9 aromatic rings. The minimum absolute atomic E-state index is 0.144. The lowest BCUT2D eigenvalue weighted by Crippen LogP contribution is -2.27. The van der Waals surface area contributed by atoms with Crippen LogP contribution in [0.2, 0.25) is 0 Å². The van der Waals surface area contributed by atoms with Crippen molar-refractivity contribution in [1.82, 2.24) is 4.57 Å². The van der Waals surface area contributed by atoms with E-state index in [9.17, 15) is 0 Å². The van der Waals surface area contributed by atoms with Crippen LogP contribution >= 0.6 is 0 Å². The molecule has 0 bridgehead atoms. The Kier molecular flexibility index (Phi) is 11.1. The molecule has 69 heavy (non-hydrogen) atoms. The van der Waals surface area contributed by atoms with Gasteiger partial charge in [0.2, 0.25) is 0 Å². The maximum Gasteiger partial charge on any atom is 0.0639 e. The summed E-state index contributed by atoms with van der Waals surface area (Å²) >= 11 is 0. The van der Waals surface area contributed by atoms with Crippen LogP contribution in [0.5, 0.6) is 0 Å². The van der Waals surface area contributed by atoms with Crippen LogP contribution in [0.1, 0.15) is 40.8 Å². The largest absolute Gasteiger partial charge is 0.333 e. The molecule has 2 nitrogen and oxygen atoms in total. The zero-order chi connectivity index (χ0) is 46.1. The summed E-state index contributed by atoms with van der Waals surface area (Å²) in [5.41, 5.74) is 24.6. The molecule has 0 fully saturated rings. The summed E-state index contributed by atoms with van der Waals surface area (Å²) in [6.07, 6.45) is 14.6. The second kappa shape index (κ2) is 18.3. The zero-order valence-corrected chi connectivity index (χ0v) is 38.8. The monoisotopic (exact) mass is 884 g/mol. The lowest BCUT2D eigenvalue weighted by molar-refractivity contribution is 0.831. The topological polar surface area (TPSA) is 8.17 Å². The lowest BCUT2D eigenvalue weighted by atomic mass is 9.84. The molecule has 1 aliphatic heterocycles. The third kappa shape index (κ3) is 8.15. The van der Waals surface area contributed by atoms with E-state index in [-0.39, 0.29) is 6.04 Å². The molecule has 1 unspecified atom stereocenters. The molecular formula is C67H52N2. The van der Waals surface area contributed by atoms with E-state index in [1.165, 1.54) is 106 Å². The first-order chi connectivity index (χ1) is 34.1. The smallest absolute Gasteiger partial charge is 0.0639 e. The molecule has 0 saturated heterocycles. The van der Waals surface area contributed by atoms with Crippen molar-refractivity contribution < 1.29 is 0 Å². The highest BCUT2D eigenvalue weighted by Gasteiger charge is 2.37. The Bertz CT molecular complexity index is 3530. The van der Waals surface area contributed by atoms with Crippen LogP contribution in [0.15, 0.2) is 249 Å². The first kappa shape index (κ1) is 41.9. The molecule has 2 heteroatoms. The Morgan fingerprint density at radius 2 is 0.913 bits per heavy atom. The predicted molar refractivity (Wildman–Crippen MR) is 292 cm³/mol. The van der Waals surface area contributed by atoms with Crippen molar-refractivity contribution in [2.75, 3.05) is 4.90 Å². The number of hydrogen-bond acceptors (Lipinski definition) is 1. The average Bonchev–Trinajstić information content (AvgIpc) is 3.80. The second-order valence-electron chi connectivity index (χ2n) is 18.4. The highest BCUT2D eigenvalue weighted by Crippen LogP contribution is 2.51. The van der Waals surface area contributed by atoms with Gasteiger partial charge in [-0.2, -0.15) is 0 Å². The highest BCUT2D eigenvalue weighted by molar-refractivity contribution is 6.07. The molecule has 2 aliphatic carbocycles. The van der Waals surface area contributed by atoms with E-state index in [2.05, 4.69) is 271 Å². The quantitative estimate of drug-likeness (QED) is 0.148. The zero-order valence-electron chi connectivity index (χ0n) is 38.8. The number of para-hydroxylation sites is 1. The van der Waals surface area contributed by atoms with Crippen molar-refractivity contribution in [2.45, 2.75) is 32.2 Å². The number of aromatic nitrogens is 1. The summed E-state index contributed by atoms with van der Waals surface area (Å²) in [6.45, 7) is 2.28. The molecule has 330 valence electrons. The van der Waals surface area contributed by atoms with Gasteiger partial charge in [-0.05, 0) is 170 Å². The van der Waals surface area contributed by atoms with Crippen molar-refractivity contribution >= 4 is 28.6 Å². The first-order valence-corrected chi connectivity index (χ1v) is 24.3. The Hall–Kier alpha value is -8.46. The van der Waals surface area contributed by atoms with Crippen LogP contribution in [0.4, 0.5) is 11.4 Å². The van der Waals surface area contributed by atoms with Gasteiger partial charge in [0.15, 0.2) is 0 Å². The standard InChI is InChI=1S/C67H52N2/c1-47-40-51(30-19-39-68(64-36-13-11-33-61(47)64)59-31-16-28-54(45-59)49-22-7-3-8-23-49)56-42-57(53-27-15-26-52(41-53)48-20-5-2-6-21-48)44-58(43-56)62-35-18-38-66-67(62)63-34-12-14-37-65(63)69(66)60-32-17-29-55(46-60)50-24-9-4-10-25-50/h2-12,14-35,37,39-46,66H,13,36,38H2,1H3. The maximum atomic E-state index is 2.58. The summed E-state index contributed by atoms with van der Waals surface area (Å²) in [5.74, 6) is 0. The van der Waals surface area contributed by atoms with E-state index < -0.39 is 0 Å². The molecule has 0 amide bonds. The fraction of sp³-hybridized carbons (Fsp3) is 0.0746. The summed E-state index contributed by atoms with van der Waals surface area (Å²) in [4.78, 5) is 2.58. The highest BCUT2D eigenvalue weighted by atomic mass is 15.2. The summed E-state index contributed by atoms with van der Waals surface area (Å²) in [5, 5.41) is 0. The number of hydrogen-bond donors (Lipinski definition) is 0. The van der Waals surface area contributed by atoms with Crippen LogP contribution in [-0.4, -0.2) is 10.6 Å². The van der Waals surface area contributed by atoms with Crippen LogP contribution in [0.3, 0.4) is 0 Å². The number of benzene rings is 8. The summed E-state index contributed by atoms with van der Waals surface area (Å²) in [7, 11) is 0. The minimum Gasteiger partial charge on any atom is -0.333 e. The van der Waals surface area contributed by atoms with Gasteiger partial charge in [0.25, 0.3) is 0 Å². The number of rotatable bonds is 8. The molecule has 1 atom stereocenters. The van der Waals surface area contributed by atoms with Gasteiger partial charge in [-0.1, -0.05) is 188 Å². The minimum atomic E-state index is 0.144. The average molecular weight is 885 g/mol. The molecule has 0 spiro atoms. The van der Waals surface area contributed by atoms with Gasteiger partial charge in [0.05, 0.1) is 6.04 Å². The fourth-order valence-corrected chi connectivity index (χ4v) is 10.8. The van der Waals surface area contributed by atoms with Gasteiger partial charge < -0.3 is 9.47 Å². The van der Waals surface area contributed by atoms with Gasteiger partial charge in [-0.25, -0.2) is 0 Å². The number of allylic oxidation sites excluding steroid dienone is 3. The second-order valence-corrected chi connectivity index (χ2v) is 18.4. The molecule has 12 rings (SSSR count). The fourth-order valence-electron chi connectivity index (χ4n) is 10.8. The summed E-state index contributed by atoms with van der Waals surface area (Å²) < 4.78 is 2.41. The molecule has 3 aliphatic rings. The lowest BCUT2D eigenvalue weighted by Gasteiger charge is -2.30. The van der Waals surface area contributed by atoms with Crippen LogP contribution in [0, 0.1) is 6.92 Å². The number of fused-ring (bicyclic) bond motifs is 4. The van der Waals surface area contributed by atoms with Crippen molar-refractivity contribution in [2.24, 2.45) is 0 Å². The van der Waals surface area contributed by atoms with E-state index in [4.69, 9.17) is 0 Å². The predicted octanol–water partition coefficient (Wildman–Crippen LogP) is 17.6. The third-order valence-electron chi connectivity index (χ3n) is 14.1. The molecule has 0 saturated carbocycles. The van der Waals surface area contributed by atoms with Gasteiger partial charge >= 0.3 is 0 Å². The van der Waals surface area contributed by atoms with Crippen LogP contribution in [-0.2, 0) is 6.42 Å². The van der Waals surface area contributed by atoms with Crippen molar-refractivity contribution in [3.05, 3.63) is 277 Å². The number of nitrogens with zero attached hydrogens (tertiary/aromatic N) is 2. The van der Waals surface area contributed by atoms with Gasteiger partial charge in [0, 0.05) is 34.5 Å². The number of anilines is 2. The van der Waals surface area contributed by atoms with Crippen molar-refractivity contribution in [3.63, 3.8) is 0 Å². The maximum absolute atomic E-state index is 2.58. The molecule has 1 aromatic heterocycles. The molecular weight excluding hydrogens is 833 g/mol. The van der Waals surface area contributed by atoms with E-state index in [0.717, 1.165) is 24.9 Å². The molecule has 8 aromatic carbocycles. The van der Waals surface area contributed by atoms with Crippen LogP contribution in [0.25, 0.3) is 78.5 Å². The van der Waals surface area contributed by atoms with E-state index in [0.29, 0.717) is 0 Å². The molecule has 0 radical (unpaired) electrons. The molecule has 2 heterocycles.